The average Bonchev–Trinajstić information content (AvgIpc) is 2.93. The van der Waals surface area contributed by atoms with E-state index in [0.717, 1.165) is 11.3 Å². The standard InChI is InChI=1S/C37H61N7O9/c1-33(2,3)50-29(45)41-27(42-30(46)51-34(4,5)6)38-22-20-24-16-18-25(19-17-24)40-26(37(13,14)49-15)21-23-39-28(43-31(47)52-35(7,8)9)44-32(48)53-36(10,11)12/h16-19,21,40H,20,22-23H2,1-15H3,(H2,38,41,42,45,46)(H2,39,43,44,47,48)/b26-21+. The molecule has 0 bridgehead atoms. The van der Waals surface area contributed by atoms with Crippen LogP contribution >= 0.6 is 0 Å². The fourth-order valence-electron chi connectivity index (χ4n) is 3.82. The summed E-state index contributed by atoms with van der Waals surface area (Å²) in [6.45, 7) is 24.8. The van der Waals surface area contributed by atoms with Gasteiger partial charge < -0.3 is 39.6 Å². The normalized spacial score (nSPS) is 13.4. The summed E-state index contributed by atoms with van der Waals surface area (Å²) < 4.78 is 26.9. The van der Waals surface area contributed by atoms with E-state index in [9.17, 15) is 19.2 Å². The topological polar surface area (TPSA) is 199 Å². The van der Waals surface area contributed by atoms with E-state index >= 15 is 0 Å². The highest BCUT2D eigenvalue weighted by Crippen LogP contribution is 2.23. The first-order chi connectivity index (χ1) is 24.1. The van der Waals surface area contributed by atoms with Crippen LogP contribution in [0, 0.1) is 0 Å². The highest BCUT2D eigenvalue weighted by molar-refractivity contribution is 5.99. The van der Waals surface area contributed by atoms with Gasteiger partial charge in [0.25, 0.3) is 0 Å². The molecule has 16 heteroatoms. The lowest BCUT2D eigenvalue weighted by atomic mass is 10.0. The number of amides is 4. The second-order valence-corrected chi connectivity index (χ2v) is 16.3. The lowest BCUT2D eigenvalue weighted by Gasteiger charge is -2.28. The Morgan fingerprint density at radius 3 is 1.43 bits per heavy atom. The van der Waals surface area contributed by atoms with Crippen LogP contribution in [0.25, 0.3) is 0 Å². The summed E-state index contributed by atoms with van der Waals surface area (Å²) >= 11 is 0. The quantitative estimate of drug-likeness (QED) is 0.101. The van der Waals surface area contributed by atoms with Gasteiger partial charge in [0.1, 0.15) is 28.0 Å². The van der Waals surface area contributed by atoms with Crippen molar-refractivity contribution in [2.75, 3.05) is 25.5 Å². The summed E-state index contributed by atoms with van der Waals surface area (Å²) in [6, 6.07) is 7.61. The molecule has 1 aromatic rings. The number of nitrogens with one attached hydrogen (secondary N) is 5. The molecule has 4 amide bonds. The molecule has 0 radical (unpaired) electrons. The molecule has 1 rings (SSSR count). The first kappa shape index (κ1) is 46.2. The smallest absolute Gasteiger partial charge is 0.437 e. The van der Waals surface area contributed by atoms with Crippen molar-refractivity contribution in [3.8, 4) is 0 Å². The number of ether oxygens (including phenoxy) is 5. The molecule has 0 aliphatic heterocycles. The first-order valence-electron chi connectivity index (χ1n) is 17.3. The van der Waals surface area contributed by atoms with E-state index < -0.39 is 52.4 Å². The summed E-state index contributed by atoms with van der Waals surface area (Å²) in [6.07, 6.45) is -1.01. The third-order valence-corrected chi connectivity index (χ3v) is 6.11. The maximum absolute atomic E-state index is 12.5. The van der Waals surface area contributed by atoms with Crippen molar-refractivity contribution in [2.24, 2.45) is 9.98 Å². The highest BCUT2D eigenvalue weighted by atomic mass is 16.6. The number of aliphatic imine (C=N–C) groups is 2. The van der Waals surface area contributed by atoms with Gasteiger partial charge in [-0.3, -0.25) is 10.6 Å². The molecule has 0 saturated heterocycles. The van der Waals surface area contributed by atoms with Crippen molar-refractivity contribution in [3.05, 3.63) is 41.6 Å². The number of methoxy groups -OCH3 is 1. The van der Waals surface area contributed by atoms with Crippen LogP contribution in [-0.4, -0.2) is 84.5 Å². The average molecular weight is 748 g/mol. The Labute approximate surface area is 314 Å². The van der Waals surface area contributed by atoms with Gasteiger partial charge in [-0.2, -0.15) is 0 Å². The predicted molar refractivity (Wildman–Crippen MR) is 205 cm³/mol. The lowest BCUT2D eigenvalue weighted by Crippen LogP contribution is -2.44. The van der Waals surface area contributed by atoms with E-state index in [-0.39, 0.29) is 18.5 Å². The maximum Gasteiger partial charge on any atom is 0.437 e. The van der Waals surface area contributed by atoms with Crippen LogP contribution < -0.4 is 26.6 Å². The molecule has 0 heterocycles. The van der Waals surface area contributed by atoms with Gasteiger partial charge in [0.15, 0.2) is 0 Å². The predicted octanol–water partition coefficient (Wildman–Crippen LogP) is 6.76. The van der Waals surface area contributed by atoms with Crippen molar-refractivity contribution in [1.82, 2.24) is 21.3 Å². The second kappa shape index (κ2) is 19.3. The monoisotopic (exact) mass is 747 g/mol. The van der Waals surface area contributed by atoms with Crippen molar-refractivity contribution in [3.63, 3.8) is 0 Å². The third-order valence-electron chi connectivity index (χ3n) is 6.11. The van der Waals surface area contributed by atoms with Crippen molar-refractivity contribution >= 4 is 42.0 Å². The molecule has 0 fully saturated rings. The number of anilines is 1. The molecular formula is C37H61N7O9. The summed E-state index contributed by atoms with van der Waals surface area (Å²) in [5, 5.41) is 14.2. The number of carbonyl (C=O) groups excluding carboxylic acids is 4. The SMILES string of the molecule is COC(C)(C)/C(=C\CN/C(=N\C(=O)OC(C)(C)C)NC(=O)OC(C)(C)C)Nc1ccc(CCN/C(=N/C(=O)OC(C)(C)C)NC(=O)OC(C)(C)C)cc1. The Bertz CT molecular complexity index is 1490. The van der Waals surface area contributed by atoms with Crippen LogP contribution in [0.2, 0.25) is 0 Å². The zero-order chi connectivity index (χ0) is 40.8. The summed E-state index contributed by atoms with van der Waals surface area (Å²) in [5.41, 5.74) is -1.47. The van der Waals surface area contributed by atoms with Crippen molar-refractivity contribution < 1.29 is 42.9 Å². The number of hydrogen-bond acceptors (Lipinski definition) is 10. The number of guanidine groups is 2. The molecule has 1 aromatic carbocycles. The Balaban J connectivity index is 3.10. The molecule has 0 spiro atoms. The second-order valence-electron chi connectivity index (χ2n) is 16.3. The van der Waals surface area contributed by atoms with E-state index in [0.29, 0.717) is 18.7 Å². The van der Waals surface area contributed by atoms with E-state index in [1.54, 1.807) is 96.3 Å². The van der Waals surface area contributed by atoms with E-state index in [1.807, 2.05) is 38.1 Å². The molecule has 298 valence electrons. The van der Waals surface area contributed by atoms with Crippen LogP contribution in [0.15, 0.2) is 46.0 Å². The number of rotatable bonds is 9. The van der Waals surface area contributed by atoms with Gasteiger partial charge in [-0.1, -0.05) is 12.1 Å². The van der Waals surface area contributed by atoms with Crippen molar-refractivity contribution in [1.29, 1.82) is 0 Å². The van der Waals surface area contributed by atoms with Crippen LogP contribution in [0.5, 0.6) is 0 Å². The maximum atomic E-state index is 12.5. The molecule has 5 N–H and O–H groups in total. The van der Waals surface area contributed by atoms with Gasteiger partial charge in [0, 0.05) is 31.6 Å². The number of carbonyl (C=O) groups is 4. The van der Waals surface area contributed by atoms with Gasteiger partial charge in [-0.05, 0) is 127 Å². The number of nitrogens with zero attached hydrogens (tertiary/aromatic N) is 2. The van der Waals surface area contributed by atoms with Gasteiger partial charge >= 0.3 is 24.4 Å². The van der Waals surface area contributed by atoms with Crippen LogP contribution in [-0.2, 0) is 30.1 Å². The third kappa shape index (κ3) is 22.0. The Hall–Kier alpha value is -4.86. The van der Waals surface area contributed by atoms with Crippen LogP contribution in [0.1, 0.15) is 102 Å². The van der Waals surface area contributed by atoms with Crippen LogP contribution in [0.3, 0.4) is 0 Å². The molecule has 53 heavy (non-hydrogen) atoms. The van der Waals surface area contributed by atoms with E-state index in [2.05, 4.69) is 36.6 Å². The van der Waals surface area contributed by atoms with Gasteiger partial charge in [0.05, 0.1) is 0 Å². The van der Waals surface area contributed by atoms with E-state index in [4.69, 9.17) is 23.7 Å². The first-order valence-corrected chi connectivity index (χ1v) is 17.3. The molecule has 0 aliphatic carbocycles. The summed E-state index contributed by atoms with van der Waals surface area (Å²) in [4.78, 5) is 57.4. The molecule has 0 unspecified atom stereocenters. The summed E-state index contributed by atoms with van der Waals surface area (Å²) in [5.74, 6) is -0.254. The molecule has 0 atom stereocenters. The van der Waals surface area contributed by atoms with Crippen LogP contribution in [0.4, 0.5) is 24.9 Å². The lowest BCUT2D eigenvalue weighted by molar-refractivity contribution is 0.0542. The Morgan fingerprint density at radius 1 is 0.623 bits per heavy atom. The summed E-state index contributed by atoms with van der Waals surface area (Å²) in [7, 11) is 1.58. The number of benzene rings is 1. The van der Waals surface area contributed by atoms with Gasteiger partial charge in [-0.15, -0.1) is 9.98 Å². The zero-order valence-electron chi connectivity index (χ0n) is 34.1. The molecule has 0 saturated carbocycles. The minimum absolute atomic E-state index is 0.0995. The fraction of sp³-hybridized carbons (Fsp3) is 0.622. The highest BCUT2D eigenvalue weighted by Gasteiger charge is 2.24. The van der Waals surface area contributed by atoms with Gasteiger partial charge in [-0.25, -0.2) is 19.2 Å². The van der Waals surface area contributed by atoms with E-state index in [1.165, 1.54) is 0 Å². The molecule has 16 nitrogen and oxygen atoms in total. The van der Waals surface area contributed by atoms with Gasteiger partial charge in [0.2, 0.25) is 11.9 Å². The fourth-order valence-corrected chi connectivity index (χ4v) is 3.82. The Kier molecular flexibility index (Phi) is 16.8. The molecular weight excluding hydrogens is 686 g/mol. The largest absolute Gasteiger partial charge is 0.444 e. The minimum Gasteiger partial charge on any atom is -0.444 e. The zero-order valence-corrected chi connectivity index (χ0v) is 34.1. The number of alkyl carbamates (subject to hydrolysis) is 2. The molecule has 0 aromatic heterocycles. The Morgan fingerprint density at radius 2 is 1.04 bits per heavy atom. The number of hydrogen-bond donors (Lipinski definition) is 5. The van der Waals surface area contributed by atoms with Crippen molar-refractivity contribution in [2.45, 2.75) is 131 Å². The minimum atomic E-state index is -0.892. The molecule has 0 aliphatic rings.